The molecule has 28 heavy (non-hydrogen) atoms. The van der Waals surface area contributed by atoms with Crippen molar-refractivity contribution in [1.82, 2.24) is 5.43 Å². The molecule has 0 bridgehead atoms. The number of rotatable bonds is 6. The van der Waals surface area contributed by atoms with Gasteiger partial charge in [0.15, 0.2) is 0 Å². The Morgan fingerprint density at radius 2 is 2.04 bits per heavy atom. The van der Waals surface area contributed by atoms with Crippen LogP contribution in [0.1, 0.15) is 18.1 Å². The summed E-state index contributed by atoms with van der Waals surface area (Å²) in [6, 6.07) is 10.4. The fourth-order valence-corrected chi connectivity index (χ4v) is 2.91. The van der Waals surface area contributed by atoms with E-state index in [2.05, 4.69) is 36.4 Å². The summed E-state index contributed by atoms with van der Waals surface area (Å²) in [5.74, 6) is -0.399. The van der Waals surface area contributed by atoms with Crippen LogP contribution in [0.4, 0.5) is 14.5 Å². The Morgan fingerprint density at radius 3 is 2.79 bits per heavy atom. The molecule has 0 saturated carbocycles. The molecule has 0 fully saturated rings. The highest BCUT2D eigenvalue weighted by atomic mass is 79.9. The standard InChI is InChI=1S/C20H19BrF2N4O/c1-2-28-12-14(10-21)26-27-19-11-24-20(15-5-3-4-6-17(15)23)16-9-13(22)7-8-18(16)25-19/h3-9H,2,10-12H2,1H3,(H,25,27). The molecule has 2 aromatic carbocycles. The topological polar surface area (TPSA) is 58.3 Å². The van der Waals surface area contributed by atoms with Gasteiger partial charge in [0, 0.05) is 23.1 Å². The van der Waals surface area contributed by atoms with Gasteiger partial charge in [-0.2, -0.15) is 5.10 Å². The highest BCUT2D eigenvalue weighted by Gasteiger charge is 2.19. The van der Waals surface area contributed by atoms with Gasteiger partial charge in [0.25, 0.3) is 0 Å². The van der Waals surface area contributed by atoms with Gasteiger partial charge in [-0.05, 0) is 37.3 Å². The van der Waals surface area contributed by atoms with Gasteiger partial charge in [-0.1, -0.05) is 28.1 Å². The van der Waals surface area contributed by atoms with E-state index in [1.165, 1.54) is 18.2 Å². The van der Waals surface area contributed by atoms with Crippen LogP contribution in [0.5, 0.6) is 0 Å². The first-order chi connectivity index (χ1) is 13.6. The van der Waals surface area contributed by atoms with Crippen LogP contribution < -0.4 is 5.43 Å². The molecule has 0 aromatic heterocycles. The maximum Gasteiger partial charge on any atom is 0.144 e. The predicted molar refractivity (Wildman–Crippen MR) is 111 cm³/mol. The lowest BCUT2D eigenvalue weighted by Crippen LogP contribution is -2.24. The molecule has 1 heterocycles. The van der Waals surface area contributed by atoms with Crippen LogP contribution in [0, 0.1) is 11.6 Å². The number of fused-ring (bicyclic) bond motifs is 1. The highest BCUT2D eigenvalue weighted by Crippen LogP contribution is 2.27. The largest absolute Gasteiger partial charge is 0.376 e. The van der Waals surface area contributed by atoms with Crippen molar-refractivity contribution in [2.45, 2.75) is 6.92 Å². The summed E-state index contributed by atoms with van der Waals surface area (Å²) in [7, 11) is 0. The summed E-state index contributed by atoms with van der Waals surface area (Å²) in [6.45, 7) is 3.02. The number of benzene rings is 2. The van der Waals surface area contributed by atoms with E-state index in [9.17, 15) is 8.78 Å². The van der Waals surface area contributed by atoms with E-state index in [0.717, 1.165) is 5.71 Å². The van der Waals surface area contributed by atoms with Gasteiger partial charge in [-0.15, -0.1) is 0 Å². The van der Waals surface area contributed by atoms with E-state index >= 15 is 0 Å². The molecule has 0 amide bonds. The minimum Gasteiger partial charge on any atom is -0.376 e. The lowest BCUT2D eigenvalue weighted by Gasteiger charge is -2.09. The Morgan fingerprint density at radius 1 is 1.21 bits per heavy atom. The van der Waals surface area contributed by atoms with Crippen LogP contribution in [0.3, 0.4) is 0 Å². The molecular weight excluding hydrogens is 430 g/mol. The summed E-state index contributed by atoms with van der Waals surface area (Å²) in [5, 5.41) is 4.84. The average molecular weight is 449 g/mol. The van der Waals surface area contributed by atoms with Crippen molar-refractivity contribution in [1.29, 1.82) is 0 Å². The first kappa shape index (κ1) is 20.3. The number of amidine groups is 1. The number of hydrogen-bond donors (Lipinski definition) is 1. The number of ether oxygens (including phenoxy) is 1. The number of nitrogens with zero attached hydrogens (tertiary/aromatic N) is 3. The number of halogens is 3. The summed E-state index contributed by atoms with van der Waals surface area (Å²) in [4.78, 5) is 9.00. The molecule has 1 aliphatic rings. The summed E-state index contributed by atoms with van der Waals surface area (Å²) < 4.78 is 33.6. The van der Waals surface area contributed by atoms with Gasteiger partial charge in [0.1, 0.15) is 17.5 Å². The molecule has 8 heteroatoms. The molecule has 0 unspecified atom stereocenters. The normalized spacial score (nSPS) is 14.1. The van der Waals surface area contributed by atoms with Gasteiger partial charge in [0.05, 0.1) is 30.3 Å². The van der Waals surface area contributed by atoms with E-state index in [4.69, 9.17) is 4.74 Å². The van der Waals surface area contributed by atoms with Gasteiger partial charge in [0.2, 0.25) is 0 Å². The molecule has 0 spiro atoms. The highest BCUT2D eigenvalue weighted by molar-refractivity contribution is 9.09. The maximum atomic E-state index is 14.3. The fourth-order valence-electron chi connectivity index (χ4n) is 2.62. The zero-order valence-electron chi connectivity index (χ0n) is 15.3. The third-order valence-corrected chi connectivity index (χ3v) is 4.60. The van der Waals surface area contributed by atoms with Crippen LogP contribution >= 0.6 is 15.9 Å². The summed E-state index contributed by atoms with van der Waals surface area (Å²) >= 11 is 3.37. The van der Waals surface area contributed by atoms with E-state index in [-0.39, 0.29) is 6.54 Å². The Hall–Kier alpha value is -2.45. The Labute approximate surface area is 170 Å². The quantitative estimate of drug-likeness (QED) is 0.408. The minimum atomic E-state index is -0.439. The molecule has 0 atom stereocenters. The fraction of sp³-hybridized carbons (Fsp3) is 0.250. The van der Waals surface area contributed by atoms with Crippen molar-refractivity contribution in [3.63, 3.8) is 0 Å². The van der Waals surface area contributed by atoms with E-state index in [0.29, 0.717) is 46.9 Å². The molecule has 3 rings (SSSR count). The molecule has 1 aliphatic heterocycles. The van der Waals surface area contributed by atoms with E-state index in [1.807, 2.05) is 6.92 Å². The number of hydrogen-bond acceptors (Lipinski definition) is 5. The second-order valence-electron chi connectivity index (χ2n) is 5.93. The van der Waals surface area contributed by atoms with Crippen LogP contribution in [0.2, 0.25) is 0 Å². The second kappa shape index (κ2) is 9.66. The SMILES string of the molecule is CCOCC(CBr)=NNC1=Nc2ccc(F)cc2C(c2ccccc2F)=NC1. The lowest BCUT2D eigenvalue weighted by atomic mass is 10.00. The minimum absolute atomic E-state index is 0.146. The van der Waals surface area contributed by atoms with Crippen molar-refractivity contribution >= 4 is 38.9 Å². The third kappa shape index (κ3) is 4.88. The van der Waals surface area contributed by atoms with Gasteiger partial charge in [-0.3, -0.25) is 10.4 Å². The van der Waals surface area contributed by atoms with Crippen molar-refractivity contribution in [2.24, 2.45) is 15.1 Å². The molecule has 0 saturated heterocycles. The Kier molecular flexibility index (Phi) is 7.00. The average Bonchev–Trinajstić information content (AvgIpc) is 2.88. The lowest BCUT2D eigenvalue weighted by molar-refractivity contribution is 0.187. The molecule has 0 aliphatic carbocycles. The number of nitrogens with one attached hydrogen (secondary N) is 1. The zero-order valence-corrected chi connectivity index (χ0v) is 16.8. The smallest absolute Gasteiger partial charge is 0.144 e. The van der Waals surface area contributed by atoms with Crippen molar-refractivity contribution in [3.05, 3.63) is 65.2 Å². The number of alkyl halides is 1. The van der Waals surface area contributed by atoms with E-state index < -0.39 is 11.6 Å². The van der Waals surface area contributed by atoms with E-state index in [1.54, 1.807) is 24.3 Å². The Balaban J connectivity index is 1.96. The van der Waals surface area contributed by atoms with Crippen molar-refractivity contribution in [3.8, 4) is 0 Å². The van der Waals surface area contributed by atoms with Crippen molar-refractivity contribution in [2.75, 3.05) is 25.1 Å². The zero-order chi connectivity index (χ0) is 19.9. The van der Waals surface area contributed by atoms with Crippen molar-refractivity contribution < 1.29 is 13.5 Å². The number of aliphatic imine (C=N–C) groups is 2. The van der Waals surface area contributed by atoms with Gasteiger partial charge in [-0.25, -0.2) is 13.8 Å². The molecular formula is C20H19BrF2N4O. The Bertz CT molecular complexity index is 944. The summed E-state index contributed by atoms with van der Waals surface area (Å²) in [6.07, 6.45) is 0. The molecule has 1 N–H and O–H groups in total. The monoisotopic (exact) mass is 448 g/mol. The first-order valence-corrected chi connectivity index (χ1v) is 9.86. The second-order valence-corrected chi connectivity index (χ2v) is 6.49. The summed E-state index contributed by atoms with van der Waals surface area (Å²) in [5.41, 5.74) is 5.23. The first-order valence-electron chi connectivity index (χ1n) is 8.74. The molecule has 2 aromatic rings. The van der Waals surface area contributed by atoms with Crippen LogP contribution in [-0.2, 0) is 4.74 Å². The van der Waals surface area contributed by atoms with Gasteiger partial charge >= 0.3 is 0 Å². The predicted octanol–water partition coefficient (Wildman–Crippen LogP) is 4.22. The van der Waals surface area contributed by atoms with Crippen LogP contribution in [0.15, 0.2) is 57.6 Å². The molecule has 146 valence electrons. The van der Waals surface area contributed by atoms with Crippen LogP contribution in [0.25, 0.3) is 0 Å². The number of hydrazone groups is 1. The third-order valence-electron chi connectivity index (χ3n) is 3.96. The molecule has 0 radical (unpaired) electrons. The molecule has 5 nitrogen and oxygen atoms in total. The van der Waals surface area contributed by atoms with Crippen LogP contribution in [-0.4, -0.2) is 42.3 Å². The van der Waals surface area contributed by atoms with Gasteiger partial charge < -0.3 is 4.74 Å². The maximum absolute atomic E-state index is 14.3.